The predicted molar refractivity (Wildman–Crippen MR) is 89.6 cm³/mol. The van der Waals surface area contributed by atoms with Crippen LogP contribution < -0.4 is 9.47 Å². The van der Waals surface area contributed by atoms with Crippen molar-refractivity contribution in [2.75, 3.05) is 6.79 Å². The summed E-state index contributed by atoms with van der Waals surface area (Å²) in [7, 11) is -3.89. The molecule has 0 radical (unpaired) electrons. The van der Waals surface area contributed by atoms with Gasteiger partial charge in [0.2, 0.25) is 16.6 Å². The van der Waals surface area contributed by atoms with Gasteiger partial charge in [0.05, 0.1) is 17.0 Å². The zero-order valence-electron chi connectivity index (χ0n) is 13.6. The third-order valence-corrected chi connectivity index (χ3v) is 5.40. The average molecular weight is 388 g/mol. The number of hydrogen-bond acceptors (Lipinski definition) is 8. The van der Waals surface area contributed by atoms with Gasteiger partial charge in [-0.15, -0.1) is 0 Å². The fraction of sp³-hybridized carbons (Fsp3) is 0.125. The van der Waals surface area contributed by atoms with Crippen molar-refractivity contribution < 1.29 is 27.8 Å². The van der Waals surface area contributed by atoms with E-state index in [4.69, 9.17) is 14.6 Å². The summed E-state index contributed by atoms with van der Waals surface area (Å²) in [5.41, 5.74) is 0.894. The van der Waals surface area contributed by atoms with Crippen molar-refractivity contribution in [3.63, 3.8) is 0 Å². The summed E-state index contributed by atoms with van der Waals surface area (Å²) < 4.78 is 37.2. The second kappa shape index (κ2) is 6.36. The van der Waals surface area contributed by atoms with Crippen LogP contribution in [0.1, 0.15) is 15.9 Å². The van der Waals surface area contributed by atoms with Crippen LogP contribution in [0.15, 0.2) is 47.6 Å². The molecule has 10 nitrogen and oxygen atoms in total. The van der Waals surface area contributed by atoms with Crippen LogP contribution in [0, 0.1) is 0 Å². The van der Waals surface area contributed by atoms with E-state index in [1.165, 1.54) is 24.3 Å². The van der Waals surface area contributed by atoms with E-state index in [1.54, 1.807) is 18.2 Å². The van der Waals surface area contributed by atoms with Crippen molar-refractivity contribution >= 4 is 15.8 Å². The molecule has 1 aliphatic heterocycles. The lowest BCUT2D eigenvalue weighted by Crippen LogP contribution is -2.13. The van der Waals surface area contributed by atoms with E-state index in [-0.39, 0.29) is 23.3 Å². The maximum Gasteiger partial charge on any atom is 0.335 e. The Bertz CT molecular complexity index is 1120. The number of nitrogens with zero attached hydrogens (tertiary/aromatic N) is 4. The quantitative estimate of drug-likeness (QED) is 0.681. The summed E-state index contributed by atoms with van der Waals surface area (Å²) in [5.74, 6) is -0.445. The van der Waals surface area contributed by atoms with Gasteiger partial charge in [-0.25, -0.2) is 13.2 Å². The lowest BCUT2D eigenvalue weighted by molar-refractivity contribution is 0.0697. The van der Waals surface area contributed by atoms with Gasteiger partial charge in [-0.3, -0.25) is 0 Å². The summed E-state index contributed by atoms with van der Waals surface area (Å²) in [6.07, 6.45) is 0. The highest BCUT2D eigenvalue weighted by Gasteiger charge is 2.25. The molecule has 0 unspecified atom stereocenters. The number of carboxylic acids is 1. The van der Waals surface area contributed by atoms with Crippen molar-refractivity contribution in [2.24, 2.45) is 0 Å². The standard InChI is InChI=1S/C16H12N4O6S/c21-15(22)11-3-1-10(2-4-11)8-27(23,24)16-17-18-19-20(16)12-5-6-13-14(7-12)26-9-25-13/h1-7H,8-9H2,(H,21,22). The van der Waals surface area contributed by atoms with Gasteiger partial charge < -0.3 is 14.6 Å². The number of hydrogen-bond donors (Lipinski definition) is 1. The van der Waals surface area contributed by atoms with Gasteiger partial charge in [-0.2, -0.15) is 4.68 Å². The Balaban J connectivity index is 1.65. The number of carbonyl (C=O) groups is 1. The summed E-state index contributed by atoms with van der Waals surface area (Å²) in [6.45, 7) is 0.0892. The fourth-order valence-corrected chi connectivity index (χ4v) is 3.91. The molecule has 4 rings (SSSR count). The van der Waals surface area contributed by atoms with E-state index in [0.29, 0.717) is 22.7 Å². The summed E-state index contributed by atoms with van der Waals surface area (Å²) in [4.78, 5) is 10.9. The van der Waals surface area contributed by atoms with E-state index in [1.807, 2.05) is 0 Å². The molecular weight excluding hydrogens is 376 g/mol. The molecule has 0 saturated carbocycles. The van der Waals surface area contributed by atoms with Crippen molar-refractivity contribution in [3.05, 3.63) is 53.6 Å². The van der Waals surface area contributed by atoms with Gasteiger partial charge in [0, 0.05) is 6.07 Å². The maximum atomic E-state index is 12.8. The van der Waals surface area contributed by atoms with Crippen LogP contribution in [0.25, 0.3) is 5.69 Å². The van der Waals surface area contributed by atoms with Crippen LogP contribution in [0.4, 0.5) is 0 Å². The number of tetrazole rings is 1. The molecule has 0 atom stereocenters. The number of aromatic carboxylic acids is 1. The topological polar surface area (TPSA) is 134 Å². The first-order valence-corrected chi connectivity index (χ1v) is 9.33. The highest BCUT2D eigenvalue weighted by molar-refractivity contribution is 7.90. The third-order valence-electron chi connectivity index (χ3n) is 3.88. The number of aromatic nitrogens is 4. The van der Waals surface area contributed by atoms with Crippen molar-refractivity contribution in [1.82, 2.24) is 20.2 Å². The van der Waals surface area contributed by atoms with Crippen LogP contribution in [-0.4, -0.2) is 46.5 Å². The fourth-order valence-electron chi connectivity index (χ4n) is 2.58. The van der Waals surface area contributed by atoms with Gasteiger partial charge in [0.1, 0.15) is 0 Å². The van der Waals surface area contributed by atoms with E-state index in [0.717, 1.165) is 4.68 Å². The zero-order chi connectivity index (χ0) is 19.0. The molecule has 3 aromatic rings. The molecule has 138 valence electrons. The molecule has 0 fully saturated rings. The van der Waals surface area contributed by atoms with Gasteiger partial charge in [-0.05, 0) is 40.3 Å². The Morgan fingerprint density at radius 1 is 1.11 bits per heavy atom. The average Bonchev–Trinajstić information content (AvgIpc) is 3.30. The molecule has 0 amide bonds. The molecule has 1 N–H and O–H groups in total. The van der Waals surface area contributed by atoms with Crippen LogP contribution in [-0.2, 0) is 15.6 Å². The molecule has 27 heavy (non-hydrogen) atoms. The Labute approximate surface area is 152 Å². The summed E-state index contributed by atoms with van der Waals surface area (Å²) >= 11 is 0. The first-order chi connectivity index (χ1) is 12.9. The number of carboxylic acid groups (broad SMARTS) is 1. The minimum Gasteiger partial charge on any atom is -0.478 e. The minimum absolute atomic E-state index is 0.0707. The predicted octanol–water partition coefficient (Wildman–Crippen LogP) is 1.06. The highest BCUT2D eigenvalue weighted by Crippen LogP contribution is 2.34. The number of sulfone groups is 1. The zero-order valence-corrected chi connectivity index (χ0v) is 14.5. The normalized spacial score (nSPS) is 12.9. The largest absolute Gasteiger partial charge is 0.478 e. The second-order valence-corrected chi connectivity index (χ2v) is 7.56. The van der Waals surface area contributed by atoms with Crippen LogP contribution in [0.5, 0.6) is 11.5 Å². The molecule has 0 saturated heterocycles. The number of fused-ring (bicyclic) bond motifs is 1. The molecule has 11 heteroatoms. The van der Waals surface area contributed by atoms with Gasteiger partial charge in [0.15, 0.2) is 11.5 Å². The number of rotatable bonds is 5. The molecule has 0 spiro atoms. The Kier molecular flexibility index (Phi) is 4.00. The van der Waals surface area contributed by atoms with E-state index < -0.39 is 15.8 Å². The molecule has 0 aliphatic carbocycles. The van der Waals surface area contributed by atoms with Crippen LogP contribution >= 0.6 is 0 Å². The second-order valence-electron chi connectivity index (χ2n) is 5.67. The van der Waals surface area contributed by atoms with Crippen molar-refractivity contribution in [1.29, 1.82) is 0 Å². The van der Waals surface area contributed by atoms with E-state index >= 15 is 0 Å². The Morgan fingerprint density at radius 3 is 2.59 bits per heavy atom. The molecule has 0 bridgehead atoms. The minimum atomic E-state index is -3.89. The van der Waals surface area contributed by atoms with Gasteiger partial charge in [0.25, 0.3) is 5.16 Å². The molecule has 1 aromatic heterocycles. The number of ether oxygens (including phenoxy) is 2. The molecule has 2 heterocycles. The molecule has 2 aromatic carbocycles. The van der Waals surface area contributed by atoms with Gasteiger partial charge >= 0.3 is 5.97 Å². The van der Waals surface area contributed by atoms with Crippen LogP contribution in [0.2, 0.25) is 0 Å². The first kappa shape index (κ1) is 17.0. The van der Waals surface area contributed by atoms with E-state index in [2.05, 4.69) is 15.5 Å². The lowest BCUT2D eigenvalue weighted by Gasteiger charge is -2.07. The van der Waals surface area contributed by atoms with E-state index in [9.17, 15) is 13.2 Å². The highest BCUT2D eigenvalue weighted by atomic mass is 32.2. The molecule has 1 aliphatic rings. The summed E-state index contributed by atoms with van der Waals surface area (Å²) in [5, 5.41) is 19.5. The Hall–Kier alpha value is -3.47. The van der Waals surface area contributed by atoms with Crippen molar-refractivity contribution in [2.45, 2.75) is 10.9 Å². The smallest absolute Gasteiger partial charge is 0.335 e. The van der Waals surface area contributed by atoms with Crippen molar-refractivity contribution in [3.8, 4) is 17.2 Å². The molecular formula is C16H12N4O6S. The lowest BCUT2D eigenvalue weighted by atomic mass is 10.1. The first-order valence-electron chi connectivity index (χ1n) is 7.67. The third kappa shape index (κ3) is 3.19. The van der Waals surface area contributed by atoms with Crippen LogP contribution in [0.3, 0.4) is 0 Å². The summed E-state index contributed by atoms with van der Waals surface area (Å²) in [6, 6.07) is 10.4. The number of benzene rings is 2. The Morgan fingerprint density at radius 2 is 1.85 bits per heavy atom. The monoisotopic (exact) mass is 388 g/mol. The maximum absolute atomic E-state index is 12.8. The van der Waals surface area contributed by atoms with Gasteiger partial charge in [-0.1, -0.05) is 17.2 Å². The SMILES string of the molecule is O=C(O)c1ccc(CS(=O)(=O)c2nnnn2-c2ccc3c(c2)OCO3)cc1.